The van der Waals surface area contributed by atoms with Crippen molar-refractivity contribution in [2.24, 2.45) is 0 Å². The molecule has 0 atom stereocenters. The lowest BCUT2D eigenvalue weighted by Crippen LogP contribution is -1.99. The van der Waals surface area contributed by atoms with Crippen molar-refractivity contribution in [3.05, 3.63) is 39.7 Å². The van der Waals surface area contributed by atoms with Gasteiger partial charge in [0.25, 0.3) is 0 Å². The molecule has 0 saturated carbocycles. The number of carboxylic acids is 1. The van der Waals surface area contributed by atoms with Gasteiger partial charge in [-0.25, -0.2) is 4.98 Å². The molecular weight excluding hydrogens is 246 g/mol. The predicted molar refractivity (Wildman–Crippen MR) is 63.9 cm³/mol. The summed E-state index contributed by atoms with van der Waals surface area (Å²) in [5.74, 6) is -0.869. The first-order valence-corrected chi connectivity index (χ1v) is 5.83. The van der Waals surface area contributed by atoms with Crippen molar-refractivity contribution in [2.75, 3.05) is 0 Å². The highest BCUT2D eigenvalue weighted by atomic mass is 35.5. The Hall–Kier alpha value is -1.39. The summed E-state index contributed by atoms with van der Waals surface area (Å²) in [6.45, 7) is 0. The van der Waals surface area contributed by atoms with Gasteiger partial charge >= 0.3 is 5.97 Å². The van der Waals surface area contributed by atoms with Gasteiger partial charge in [0.05, 0.1) is 12.1 Å². The van der Waals surface area contributed by atoms with Crippen molar-refractivity contribution in [3.63, 3.8) is 0 Å². The van der Waals surface area contributed by atoms with Crippen LogP contribution in [0.3, 0.4) is 0 Å². The Morgan fingerprint density at radius 3 is 3.00 bits per heavy atom. The molecule has 0 aliphatic heterocycles. The molecule has 0 saturated heterocycles. The quantitative estimate of drug-likeness (QED) is 0.915. The summed E-state index contributed by atoms with van der Waals surface area (Å²) < 4.78 is 0. The van der Waals surface area contributed by atoms with E-state index in [1.54, 1.807) is 12.1 Å². The third-order valence-corrected chi connectivity index (χ3v) is 3.06. The molecule has 3 nitrogen and oxygen atoms in total. The van der Waals surface area contributed by atoms with Crippen LogP contribution in [0.2, 0.25) is 5.02 Å². The minimum absolute atomic E-state index is 0.0365. The molecule has 1 aromatic heterocycles. The summed E-state index contributed by atoms with van der Waals surface area (Å²) in [5, 5.41) is 11.7. The summed E-state index contributed by atoms with van der Waals surface area (Å²) in [7, 11) is 0. The topological polar surface area (TPSA) is 50.2 Å². The fourth-order valence-corrected chi connectivity index (χ4v) is 2.29. The first kappa shape index (κ1) is 11.1. The van der Waals surface area contributed by atoms with Gasteiger partial charge < -0.3 is 5.11 Å². The van der Waals surface area contributed by atoms with Gasteiger partial charge in [0.1, 0.15) is 5.01 Å². The van der Waals surface area contributed by atoms with Crippen LogP contribution >= 0.6 is 22.9 Å². The van der Waals surface area contributed by atoms with E-state index in [1.807, 2.05) is 17.5 Å². The number of benzene rings is 1. The molecule has 0 bridgehead atoms. The van der Waals surface area contributed by atoms with Crippen LogP contribution in [0, 0.1) is 0 Å². The third kappa shape index (κ3) is 2.59. The zero-order valence-electron chi connectivity index (χ0n) is 8.18. The van der Waals surface area contributed by atoms with Crippen molar-refractivity contribution >= 4 is 28.9 Å². The number of halogens is 1. The molecule has 2 aromatic rings. The molecule has 0 aliphatic rings. The summed E-state index contributed by atoms with van der Waals surface area (Å²) in [6.07, 6.45) is -0.0365. The maximum Gasteiger partial charge on any atom is 0.310 e. The van der Waals surface area contributed by atoms with Gasteiger partial charge in [-0.3, -0.25) is 4.79 Å². The van der Waals surface area contributed by atoms with E-state index in [4.69, 9.17) is 16.7 Å². The fourth-order valence-electron chi connectivity index (χ4n) is 1.30. The Morgan fingerprint density at radius 2 is 2.31 bits per heavy atom. The number of carboxylic acid groups (broad SMARTS) is 1. The molecule has 0 aliphatic carbocycles. The lowest BCUT2D eigenvalue weighted by molar-refractivity contribution is -0.136. The van der Waals surface area contributed by atoms with Crippen LogP contribution in [0.5, 0.6) is 0 Å². The average Bonchev–Trinajstić information content (AvgIpc) is 2.65. The minimum Gasteiger partial charge on any atom is -0.481 e. The van der Waals surface area contributed by atoms with Crippen LogP contribution in [0.15, 0.2) is 29.6 Å². The first-order chi connectivity index (χ1) is 7.65. The van der Waals surface area contributed by atoms with Gasteiger partial charge in [-0.2, -0.15) is 0 Å². The molecule has 2 rings (SSSR count). The molecular formula is C11H8ClNO2S. The monoisotopic (exact) mass is 253 g/mol. The summed E-state index contributed by atoms with van der Waals surface area (Å²) in [6, 6.07) is 7.33. The summed E-state index contributed by atoms with van der Waals surface area (Å²) in [5.41, 5.74) is 1.67. The van der Waals surface area contributed by atoms with Gasteiger partial charge in [-0.1, -0.05) is 23.7 Å². The number of aliphatic carboxylic acids is 1. The SMILES string of the molecule is O=C(O)Cc1nc(-c2cccc(Cl)c2)cs1. The minimum atomic E-state index is -0.869. The van der Waals surface area contributed by atoms with Crippen LogP contribution in [-0.2, 0) is 11.2 Å². The van der Waals surface area contributed by atoms with Crippen LogP contribution < -0.4 is 0 Å². The third-order valence-electron chi connectivity index (χ3n) is 1.97. The molecule has 0 spiro atoms. The van der Waals surface area contributed by atoms with Crippen LogP contribution in [0.1, 0.15) is 5.01 Å². The average molecular weight is 254 g/mol. The second-order valence-electron chi connectivity index (χ2n) is 3.21. The van der Waals surface area contributed by atoms with Crippen LogP contribution in [-0.4, -0.2) is 16.1 Å². The predicted octanol–water partition coefficient (Wildman–Crippen LogP) is 3.09. The van der Waals surface area contributed by atoms with E-state index in [-0.39, 0.29) is 6.42 Å². The zero-order chi connectivity index (χ0) is 11.5. The number of aromatic nitrogens is 1. The number of nitrogens with zero attached hydrogens (tertiary/aromatic N) is 1. The normalized spacial score (nSPS) is 10.3. The molecule has 0 fully saturated rings. The maximum absolute atomic E-state index is 10.5. The molecule has 0 radical (unpaired) electrons. The number of carbonyl (C=O) groups is 1. The van der Waals surface area contributed by atoms with E-state index in [1.165, 1.54) is 11.3 Å². The highest BCUT2D eigenvalue weighted by Crippen LogP contribution is 2.24. The van der Waals surface area contributed by atoms with Crippen molar-refractivity contribution in [1.29, 1.82) is 0 Å². The lowest BCUT2D eigenvalue weighted by atomic mass is 10.2. The van der Waals surface area contributed by atoms with Crippen LogP contribution in [0.4, 0.5) is 0 Å². The van der Waals surface area contributed by atoms with Gasteiger partial charge in [0, 0.05) is 16.0 Å². The van der Waals surface area contributed by atoms with Gasteiger partial charge in [0.2, 0.25) is 0 Å². The van der Waals surface area contributed by atoms with E-state index in [2.05, 4.69) is 4.98 Å². The van der Waals surface area contributed by atoms with Gasteiger partial charge in [-0.05, 0) is 12.1 Å². The number of thiazole rings is 1. The number of hydrogen-bond acceptors (Lipinski definition) is 3. The zero-order valence-corrected chi connectivity index (χ0v) is 9.76. The Labute approximate surface area is 101 Å². The molecule has 1 N–H and O–H groups in total. The Morgan fingerprint density at radius 1 is 1.50 bits per heavy atom. The van der Waals surface area contributed by atoms with Crippen molar-refractivity contribution < 1.29 is 9.90 Å². The van der Waals surface area contributed by atoms with E-state index in [0.29, 0.717) is 10.0 Å². The molecule has 82 valence electrons. The highest BCUT2D eigenvalue weighted by Gasteiger charge is 2.07. The second-order valence-corrected chi connectivity index (χ2v) is 4.59. The van der Waals surface area contributed by atoms with Crippen molar-refractivity contribution in [2.45, 2.75) is 6.42 Å². The van der Waals surface area contributed by atoms with E-state index < -0.39 is 5.97 Å². The molecule has 0 unspecified atom stereocenters. The Balaban J connectivity index is 2.28. The molecule has 16 heavy (non-hydrogen) atoms. The highest BCUT2D eigenvalue weighted by molar-refractivity contribution is 7.10. The maximum atomic E-state index is 10.5. The number of hydrogen-bond donors (Lipinski definition) is 1. The Kier molecular flexibility index (Phi) is 3.22. The summed E-state index contributed by atoms with van der Waals surface area (Å²) in [4.78, 5) is 14.8. The van der Waals surface area contributed by atoms with Crippen molar-refractivity contribution in [1.82, 2.24) is 4.98 Å². The van der Waals surface area contributed by atoms with E-state index in [0.717, 1.165) is 11.3 Å². The van der Waals surface area contributed by atoms with Crippen molar-refractivity contribution in [3.8, 4) is 11.3 Å². The summed E-state index contributed by atoms with van der Waals surface area (Å²) >= 11 is 7.21. The fraction of sp³-hybridized carbons (Fsp3) is 0.0909. The standard InChI is InChI=1S/C11H8ClNO2S/c12-8-3-1-2-7(4-8)9-6-16-10(13-9)5-11(14)15/h1-4,6H,5H2,(H,14,15). The van der Waals surface area contributed by atoms with Crippen LogP contribution in [0.25, 0.3) is 11.3 Å². The lowest BCUT2D eigenvalue weighted by Gasteiger charge is -1.96. The molecule has 1 aromatic carbocycles. The van der Waals surface area contributed by atoms with E-state index >= 15 is 0 Å². The van der Waals surface area contributed by atoms with Gasteiger partial charge in [-0.15, -0.1) is 11.3 Å². The second kappa shape index (κ2) is 4.63. The smallest absolute Gasteiger partial charge is 0.310 e. The molecule has 1 heterocycles. The molecule has 0 amide bonds. The number of rotatable bonds is 3. The Bertz CT molecular complexity index is 524. The van der Waals surface area contributed by atoms with E-state index in [9.17, 15) is 4.79 Å². The molecule has 5 heteroatoms. The first-order valence-electron chi connectivity index (χ1n) is 4.57. The largest absolute Gasteiger partial charge is 0.481 e. The van der Waals surface area contributed by atoms with Gasteiger partial charge in [0.15, 0.2) is 0 Å².